The number of hydrogen-bond donors (Lipinski definition) is 0. The summed E-state index contributed by atoms with van der Waals surface area (Å²) in [6.07, 6.45) is 42.5. The highest BCUT2D eigenvalue weighted by Gasteiger charge is 2.25. The zero-order chi connectivity index (χ0) is 38.5. The predicted molar refractivity (Wildman–Crippen MR) is 212 cm³/mol. The van der Waals surface area contributed by atoms with Crippen molar-refractivity contribution in [3.05, 3.63) is 72.9 Å². The lowest BCUT2D eigenvalue weighted by Gasteiger charge is -2.34. The van der Waals surface area contributed by atoms with Crippen molar-refractivity contribution in [3.8, 4) is 0 Å². The Bertz CT molecular complexity index is 1080. The molecule has 0 fully saturated rings. The molecule has 0 aliphatic rings. The Morgan fingerprint density at radius 3 is 1.52 bits per heavy atom. The summed E-state index contributed by atoms with van der Waals surface area (Å²) in [6.45, 7) is 4.45. The van der Waals surface area contributed by atoms with Gasteiger partial charge in [-0.3, -0.25) is 9.59 Å². The second kappa shape index (κ2) is 34.8. The first-order valence-electron chi connectivity index (χ1n) is 20.0. The van der Waals surface area contributed by atoms with Gasteiger partial charge >= 0.3 is 11.9 Å². The van der Waals surface area contributed by atoms with Crippen molar-refractivity contribution in [2.24, 2.45) is 0 Å². The van der Waals surface area contributed by atoms with Crippen LogP contribution in [-0.2, 0) is 28.6 Å². The fourth-order valence-electron chi connectivity index (χ4n) is 5.16. The molecule has 52 heavy (non-hydrogen) atoms. The number of esters is 2. The smallest absolute Gasteiger partial charge is 0.306 e. The fraction of sp³-hybridized carbons (Fsp3) is 0.659. The van der Waals surface area contributed by atoms with Crippen molar-refractivity contribution < 1.29 is 38.2 Å². The summed E-state index contributed by atoms with van der Waals surface area (Å²) in [6, 6.07) is -0.739. The number of carboxylic acids is 1. The Morgan fingerprint density at radius 1 is 0.577 bits per heavy atom. The minimum absolute atomic E-state index is 0.00742. The van der Waals surface area contributed by atoms with Crippen molar-refractivity contribution in [1.82, 2.24) is 0 Å². The summed E-state index contributed by atoms with van der Waals surface area (Å²) < 4.78 is 16.9. The van der Waals surface area contributed by atoms with Crippen molar-refractivity contribution in [2.45, 2.75) is 148 Å². The number of unbranched alkanes of at least 4 members (excludes halogenated alkanes) is 8. The molecule has 0 rings (SSSR count). The Labute approximate surface area is 317 Å². The first kappa shape index (κ1) is 48.8. The van der Waals surface area contributed by atoms with Gasteiger partial charge < -0.3 is 28.6 Å². The third kappa shape index (κ3) is 32.7. The quantitative estimate of drug-likeness (QED) is 0.0282. The third-order valence-corrected chi connectivity index (χ3v) is 8.33. The molecular weight excluding hydrogens is 654 g/mol. The van der Waals surface area contributed by atoms with Gasteiger partial charge in [0, 0.05) is 19.3 Å². The SMILES string of the molecule is CCCCC/C=C/C/C=C/C/C=C/C/C=C/C/C=C/CCCCC(=O)OC(COCCC(C(=O)[O-])[N+](C)(C)C)COC(=O)CC/C=C/CCCCC. The topological polar surface area (TPSA) is 102 Å². The van der Waals surface area contributed by atoms with Crippen molar-refractivity contribution >= 4 is 17.9 Å². The average molecular weight is 728 g/mol. The van der Waals surface area contributed by atoms with E-state index in [4.69, 9.17) is 14.2 Å². The maximum absolute atomic E-state index is 12.6. The highest BCUT2D eigenvalue weighted by atomic mass is 16.6. The second-order valence-corrected chi connectivity index (χ2v) is 14.2. The van der Waals surface area contributed by atoms with Crippen LogP contribution in [0.4, 0.5) is 0 Å². The molecule has 0 spiro atoms. The number of carboxylic acid groups (broad SMARTS) is 1. The molecule has 0 heterocycles. The lowest BCUT2D eigenvalue weighted by atomic mass is 10.1. The minimum Gasteiger partial charge on any atom is -0.544 e. The fourth-order valence-corrected chi connectivity index (χ4v) is 5.16. The molecule has 0 amide bonds. The van der Waals surface area contributed by atoms with Crippen LogP contribution >= 0.6 is 0 Å². The number of rotatable bonds is 34. The molecule has 8 nitrogen and oxygen atoms in total. The van der Waals surface area contributed by atoms with E-state index in [1.165, 1.54) is 38.5 Å². The number of likely N-dealkylation sites (N-methyl/N-ethyl adjacent to an activating group) is 1. The molecule has 0 aromatic rings. The molecule has 0 radical (unpaired) electrons. The zero-order valence-corrected chi connectivity index (χ0v) is 33.4. The van der Waals surface area contributed by atoms with E-state index in [0.717, 1.165) is 51.4 Å². The van der Waals surface area contributed by atoms with E-state index in [0.29, 0.717) is 12.8 Å². The van der Waals surface area contributed by atoms with E-state index < -0.39 is 18.1 Å². The van der Waals surface area contributed by atoms with E-state index in [9.17, 15) is 19.5 Å². The number of quaternary nitrogens is 1. The van der Waals surface area contributed by atoms with Crippen LogP contribution < -0.4 is 5.11 Å². The lowest BCUT2D eigenvalue weighted by molar-refractivity contribution is -0.889. The molecule has 0 aliphatic carbocycles. The highest BCUT2D eigenvalue weighted by molar-refractivity contribution is 5.70. The largest absolute Gasteiger partial charge is 0.544 e. The Morgan fingerprint density at radius 2 is 1.04 bits per heavy atom. The first-order chi connectivity index (χ1) is 25.1. The molecule has 0 bridgehead atoms. The number of aliphatic carboxylic acids is 1. The molecule has 2 unspecified atom stereocenters. The van der Waals surface area contributed by atoms with Gasteiger partial charge in [0.2, 0.25) is 0 Å². The molecule has 2 atom stereocenters. The monoisotopic (exact) mass is 728 g/mol. The van der Waals surface area contributed by atoms with Crippen LogP contribution in [0.3, 0.4) is 0 Å². The maximum atomic E-state index is 12.6. The summed E-state index contributed by atoms with van der Waals surface area (Å²) in [4.78, 5) is 36.5. The Kier molecular flexibility index (Phi) is 32.7. The van der Waals surface area contributed by atoms with Crippen molar-refractivity contribution in [1.29, 1.82) is 0 Å². The Hall–Kier alpha value is -3.23. The van der Waals surface area contributed by atoms with Gasteiger partial charge in [-0.25, -0.2) is 0 Å². The number of carbonyl (C=O) groups excluding carboxylic acids is 3. The lowest BCUT2D eigenvalue weighted by Crippen LogP contribution is -2.55. The van der Waals surface area contributed by atoms with Crippen LogP contribution in [0.5, 0.6) is 0 Å². The highest BCUT2D eigenvalue weighted by Crippen LogP contribution is 2.10. The van der Waals surface area contributed by atoms with Crippen molar-refractivity contribution in [2.75, 3.05) is 41.0 Å². The maximum Gasteiger partial charge on any atom is 0.306 e. The summed E-state index contributed by atoms with van der Waals surface area (Å²) in [5, 5.41) is 11.6. The number of hydrogen-bond acceptors (Lipinski definition) is 7. The van der Waals surface area contributed by atoms with Crippen LogP contribution in [0.15, 0.2) is 72.9 Å². The molecule has 296 valence electrons. The van der Waals surface area contributed by atoms with Gasteiger partial charge in [-0.2, -0.15) is 0 Å². The van der Waals surface area contributed by atoms with Gasteiger partial charge in [0.1, 0.15) is 12.6 Å². The standard InChI is InChI=1S/C44H73NO7/c1-6-8-10-12-14-15-16-17-18-19-20-21-22-23-24-25-26-27-29-31-33-35-43(47)52-40(38-50-37-36-41(44(48)49)45(3,4)5)39-51-42(46)34-32-30-28-13-11-9-7-2/h14-15,17-18,20-21,23-24,26-28,30,40-41H,6-13,16,19,22,25,29,31-39H2,1-5H3/b15-14+,18-17+,21-20+,24-23+,27-26+,30-28+. The van der Waals surface area contributed by atoms with Gasteiger partial charge in [0.25, 0.3) is 0 Å². The molecule has 0 saturated heterocycles. The first-order valence-corrected chi connectivity index (χ1v) is 20.0. The third-order valence-electron chi connectivity index (χ3n) is 8.33. The molecule has 8 heteroatoms. The number of nitrogens with zero attached hydrogens (tertiary/aromatic N) is 1. The van der Waals surface area contributed by atoms with E-state index in [1.54, 1.807) is 21.1 Å². The van der Waals surface area contributed by atoms with Gasteiger partial charge in [0.15, 0.2) is 6.10 Å². The van der Waals surface area contributed by atoms with Gasteiger partial charge in [0.05, 0.1) is 40.3 Å². The molecule has 0 aromatic carbocycles. The van der Waals surface area contributed by atoms with E-state index in [1.807, 2.05) is 6.08 Å². The second-order valence-electron chi connectivity index (χ2n) is 14.2. The van der Waals surface area contributed by atoms with Gasteiger partial charge in [-0.05, 0) is 77.0 Å². The van der Waals surface area contributed by atoms with Gasteiger partial charge in [-0.1, -0.05) is 112 Å². The molecule has 0 aromatic heterocycles. The number of ether oxygens (including phenoxy) is 3. The average Bonchev–Trinajstić information content (AvgIpc) is 3.09. The molecule has 0 N–H and O–H groups in total. The minimum atomic E-state index is -1.14. The molecule has 0 aliphatic heterocycles. The predicted octanol–water partition coefficient (Wildman–Crippen LogP) is 9.07. The van der Waals surface area contributed by atoms with Gasteiger partial charge in [-0.15, -0.1) is 0 Å². The van der Waals surface area contributed by atoms with Crippen molar-refractivity contribution in [3.63, 3.8) is 0 Å². The Balaban J connectivity index is 4.44. The van der Waals surface area contributed by atoms with Crippen LogP contribution in [0.1, 0.15) is 136 Å². The van der Waals surface area contributed by atoms with E-state index >= 15 is 0 Å². The summed E-state index contributed by atoms with van der Waals surface area (Å²) in [5.41, 5.74) is 0. The van der Waals surface area contributed by atoms with Crippen LogP contribution in [-0.4, -0.2) is 75.5 Å². The number of carbonyl (C=O) groups is 3. The summed E-state index contributed by atoms with van der Waals surface area (Å²) in [7, 11) is 5.36. The van der Waals surface area contributed by atoms with Crippen LogP contribution in [0.25, 0.3) is 0 Å². The van der Waals surface area contributed by atoms with E-state index in [-0.39, 0.29) is 55.5 Å². The van der Waals surface area contributed by atoms with E-state index in [2.05, 4.69) is 80.7 Å². The normalized spacial score (nSPS) is 13.8. The molecular formula is C44H73NO7. The molecule has 0 saturated carbocycles. The summed E-state index contributed by atoms with van der Waals surface area (Å²) >= 11 is 0. The zero-order valence-electron chi connectivity index (χ0n) is 33.4. The van der Waals surface area contributed by atoms with Crippen LogP contribution in [0.2, 0.25) is 0 Å². The van der Waals surface area contributed by atoms with Crippen LogP contribution in [0, 0.1) is 0 Å². The summed E-state index contributed by atoms with van der Waals surface area (Å²) in [5.74, 6) is -1.87. The number of allylic oxidation sites excluding steroid dienone is 12.